The van der Waals surface area contributed by atoms with Crippen LogP contribution in [0.5, 0.6) is 0 Å². The number of carbonyl (C=O) groups is 3. The third-order valence-electron chi connectivity index (χ3n) is 6.48. The molecule has 43 heavy (non-hydrogen) atoms. The van der Waals surface area contributed by atoms with Gasteiger partial charge in [-0.25, -0.2) is 0 Å². The van der Waals surface area contributed by atoms with Gasteiger partial charge in [0.1, 0.15) is 12.7 Å². The van der Waals surface area contributed by atoms with Crippen molar-refractivity contribution in [1.29, 1.82) is 0 Å². The summed E-state index contributed by atoms with van der Waals surface area (Å²) in [7, 11) is 0. The van der Waals surface area contributed by atoms with Crippen LogP contribution in [0, 0.1) is 0 Å². The van der Waals surface area contributed by atoms with Crippen LogP contribution in [0.3, 0.4) is 0 Å². The number of esters is 2. The summed E-state index contributed by atoms with van der Waals surface area (Å²) >= 11 is 0. The van der Waals surface area contributed by atoms with Gasteiger partial charge in [-0.15, -0.1) is 0 Å². The molecule has 0 radical (unpaired) electrons. The molecule has 0 saturated carbocycles. The van der Waals surface area contributed by atoms with E-state index in [1.165, 1.54) is 25.7 Å². The van der Waals surface area contributed by atoms with E-state index >= 15 is 0 Å². The molecule has 2 atom stereocenters. The van der Waals surface area contributed by atoms with Crippen LogP contribution in [0.2, 0.25) is 0 Å². The molecular weight excluding hydrogens is 548 g/mol. The van der Waals surface area contributed by atoms with Crippen LogP contribution >= 0.6 is 0 Å². The smallest absolute Gasteiger partial charge is 0.306 e. The van der Waals surface area contributed by atoms with E-state index in [9.17, 15) is 19.5 Å². The predicted octanol–water partition coefficient (Wildman–Crippen LogP) is 7.50. The zero-order valence-corrected chi connectivity index (χ0v) is 26.8. The van der Waals surface area contributed by atoms with Gasteiger partial charge in [-0.3, -0.25) is 14.4 Å². The third-order valence-corrected chi connectivity index (χ3v) is 6.48. The van der Waals surface area contributed by atoms with Crippen LogP contribution in [0.25, 0.3) is 0 Å². The Morgan fingerprint density at radius 1 is 0.628 bits per heavy atom. The number of hydrogen-bond donors (Lipinski definition) is 1. The van der Waals surface area contributed by atoms with Crippen molar-refractivity contribution >= 4 is 18.4 Å². The highest BCUT2D eigenvalue weighted by Gasteiger charge is 2.17. The summed E-state index contributed by atoms with van der Waals surface area (Å²) in [4.78, 5) is 34.8. The van der Waals surface area contributed by atoms with Gasteiger partial charge in [-0.05, 0) is 51.4 Å². The lowest BCUT2D eigenvalue weighted by atomic mass is 10.1. The van der Waals surface area contributed by atoms with E-state index in [0.717, 1.165) is 57.8 Å². The molecule has 0 spiro atoms. The fraction of sp³-hybridized carbons (Fsp3) is 0.686. The summed E-state index contributed by atoms with van der Waals surface area (Å²) in [5.41, 5.74) is 0. The lowest BCUT2D eigenvalue weighted by Gasteiger charge is -2.19. The summed E-state index contributed by atoms with van der Waals surface area (Å²) in [5.74, 6) is -0.753. The van der Waals surface area contributed by atoms with Gasteiger partial charge >= 0.3 is 11.9 Å². The van der Waals surface area contributed by atoms with Crippen molar-refractivity contribution in [2.75, 3.05) is 26.4 Å². The van der Waals surface area contributed by atoms with Crippen molar-refractivity contribution < 1.29 is 38.4 Å². The Kier molecular flexibility index (Phi) is 30.2. The zero-order chi connectivity index (χ0) is 31.6. The molecule has 0 bridgehead atoms. The van der Waals surface area contributed by atoms with E-state index < -0.39 is 24.8 Å². The Bertz CT molecular complexity index is 787. The second kappa shape index (κ2) is 32.2. The topological polar surface area (TPSA) is 108 Å². The second-order valence-electron chi connectivity index (χ2n) is 10.5. The maximum atomic E-state index is 12.1. The molecule has 0 aliphatic heterocycles. The van der Waals surface area contributed by atoms with Crippen molar-refractivity contribution in [1.82, 2.24) is 0 Å². The average molecular weight is 607 g/mol. The van der Waals surface area contributed by atoms with Crippen molar-refractivity contribution in [3.63, 3.8) is 0 Å². The Labute approximate surface area is 260 Å². The van der Waals surface area contributed by atoms with Gasteiger partial charge in [0.2, 0.25) is 0 Å². The number of aliphatic hydroxyl groups is 1. The van der Waals surface area contributed by atoms with Gasteiger partial charge in [0, 0.05) is 12.8 Å². The van der Waals surface area contributed by atoms with Crippen LogP contribution < -0.4 is 0 Å². The van der Waals surface area contributed by atoms with Gasteiger partial charge < -0.3 is 24.1 Å². The molecule has 0 heterocycles. The van der Waals surface area contributed by atoms with Crippen LogP contribution in [0.1, 0.15) is 117 Å². The first-order chi connectivity index (χ1) is 21.1. The Morgan fingerprint density at radius 2 is 1.16 bits per heavy atom. The molecule has 1 N–H and O–H groups in total. The summed E-state index contributed by atoms with van der Waals surface area (Å²) in [6.45, 7) is 4.00. The van der Waals surface area contributed by atoms with Crippen LogP contribution in [0.15, 0.2) is 48.6 Å². The van der Waals surface area contributed by atoms with Crippen molar-refractivity contribution in [2.45, 2.75) is 129 Å². The number of unbranched alkanes of at least 4 members (excludes halogenated alkanes) is 8. The lowest BCUT2D eigenvalue weighted by Crippen LogP contribution is -2.31. The SMILES string of the molecule is CCCCC/C=C\C/C=C\C/C=C\C/C=C\CCCC(=O)OC(CO)COCC(COC(=O)CCCCCCC)OC=O. The van der Waals surface area contributed by atoms with E-state index in [0.29, 0.717) is 12.8 Å². The minimum absolute atomic E-state index is 0.0529. The standard InChI is InChI=1S/C35H58O8/c1-3-5-7-9-10-11-12-13-14-15-16-17-18-19-20-22-24-26-35(39)43-32(27-36)28-40-29-33(42-31-37)30-41-34(38)25-23-21-8-6-4-2/h10-11,13-14,16-17,19-20,31-33,36H,3-9,12,15,18,21-30H2,1-2H3/b11-10-,14-13-,17-16-,20-19-. The summed E-state index contributed by atoms with van der Waals surface area (Å²) < 4.78 is 20.9. The number of rotatable bonds is 30. The Morgan fingerprint density at radius 3 is 1.77 bits per heavy atom. The number of allylic oxidation sites excluding steroid dienone is 8. The predicted molar refractivity (Wildman–Crippen MR) is 171 cm³/mol. The largest absolute Gasteiger partial charge is 0.462 e. The van der Waals surface area contributed by atoms with Gasteiger partial charge in [0.15, 0.2) is 6.10 Å². The molecule has 0 aromatic carbocycles. The molecule has 246 valence electrons. The maximum Gasteiger partial charge on any atom is 0.306 e. The highest BCUT2D eigenvalue weighted by molar-refractivity contribution is 5.69. The number of ether oxygens (including phenoxy) is 4. The minimum atomic E-state index is -0.827. The molecule has 0 aromatic rings. The third kappa shape index (κ3) is 29.2. The van der Waals surface area contributed by atoms with E-state index in [-0.39, 0.29) is 38.7 Å². The molecule has 8 nitrogen and oxygen atoms in total. The van der Waals surface area contributed by atoms with Gasteiger partial charge in [-0.2, -0.15) is 0 Å². The van der Waals surface area contributed by atoms with Crippen molar-refractivity contribution in [3.05, 3.63) is 48.6 Å². The van der Waals surface area contributed by atoms with Crippen LogP contribution in [-0.2, 0) is 33.3 Å². The van der Waals surface area contributed by atoms with Crippen molar-refractivity contribution in [3.8, 4) is 0 Å². The lowest BCUT2D eigenvalue weighted by molar-refractivity contribution is -0.160. The van der Waals surface area contributed by atoms with E-state index in [2.05, 4.69) is 62.5 Å². The molecule has 0 fully saturated rings. The first-order valence-electron chi connectivity index (χ1n) is 16.3. The van der Waals surface area contributed by atoms with Gasteiger partial charge in [0.25, 0.3) is 6.47 Å². The Balaban J connectivity index is 3.99. The number of aliphatic hydroxyl groups excluding tert-OH is 1. The molecule has 0 rings (SSSR count). The quantitative estimate of drug-likeness (QED) is 0.0294. The summed E-state index contributed by atoms with van der Waals surface area (Å²) in [6.07, 6.45) is 30.6. The molecule has 0 aliphatic rings. The van der Waals surface area contributed by atoms with Gasteiger partial charge in [-0.1, -0.05) is 101 Å². The van der Waals surface area contributed by atoms with E-state index in [1.807, 2.05) is 0 Å². The van der Waals surface area contributed by atoms with Crippen LogP contribution in [0.4, 0.5) is 0 Å². The Hall–Kier alpha value is -2.71. The number of carbonyl (C=O) groups excluding carboxylic acids is 3. The molecule has 0 aromatic heterocycles. The maximum absolute atomic E-state index is 12.1. The molecule has 8 heteroatoms. The second-order valence-corrected chi connectivity index (χ2v) is 10.5. The number of hydrogen-bond acceptors (Lipinski definition) is 8. The van der Waals surface area contributed by atoms with Crippen molar-refractivity contribution in [2.24, 2.45) is 0 Å². The highest BCUT2D eigenvalue weighted by Crippen LogP contribution is 2.07. The fourth-order valence-corrected chi connectivity index (χ4v) is 3.96. The summed E-state index contributed by atoms with van der Waals surface area (Å²) in [5, 5.41) is 9.54. The monoisotopic (exact) mass is 606 g/mol. The first kappa shape index (κ1) is 40.3. The molecule has 0 saturated heterocycles. The molecule has 0 aliphatic carbocycles. The molecular formula is C35H58O8. The minimum Gasteiger partial charge on any atom is -0.462 e. The molecule has 0 amide bonds. The van der Waals surface area contributed by atoms with E-state index in [1.54, 1.807) is 0 Å². The van der Waals surface area contributed by atoms with Crippen LogP contribution in [-0.4, -0.2) is 62.2 Å². The molecule has 2 unspecified atom stereocenters. The van der Waals surface area contributed by atoms with Gasteiger partial charge in [0.05, 0.1) is 19.8 Å². The highest BCUT2D eigenvalue weighted by atomic mass is 16.6. The summed E-state index contributed by atoms with van der Waals surface area (Å²) in [6, 6.07) is 0. The van der Waals surface area contributed by atoms with E-state index in [4.69, 9.17) is 18.9 Å². The normalized spacial score (nSPS) is 13.3. The zero-order valence-electron chi connectivity index (χ0n) is 26.8. The average Bonchev–Trinajstić information content (AvgIpc) is 3.00. The fourth-order valence-electron chi connectivity index (χ4n) is 3.96. The first-order valence-corrected chi connectivity index (χ1v) is 16.3.